The number of carbonyl (C=O) groups excluding carboxylic acids is 1. The lowest BCUT2D eigenvalue weighted by Crippen LogP contribution is -2.32. The van der Waals surface area contributed by atoms with Crippen LogP contribution in [0.1, 0.15) is 16.8 Å². The standard InChI is InChI=1S/C30H29N3O3S/c1-21-26(25-11-7-8-12-27(25)33(21)20-22-9-5-4-6-10-22)19-28-29(34)32(17-18-35-2)30(37-28)31-23-13-15-24(36-3)16-14-23/h4-16,19H,17-18,20H2,1-3H3/b28-19-,31-30?. The second-order valence-electron chi connectivity index (χ2n) is 8.74. The molecule has 2 heterocycles. The molecule has 37 heavy (non-hydrogen) atoms. The van der Waals surface area contributed by atoms with Crippen molar-refractivity contribution < 1.29 is 14.3 Å². The van der Waals surface area contributed by atoms with Gasteiger partial charge in [0, 0.05) is 35.8 Å². The van der Waals surface area contributed by atoms with Gasteiger partial charge in [-0.05, 0) is 60.7 Å². The molecule has 3 aromatic carbocycles. The molecule has 1 aliphatic heterocycles. The van der Waals surface area contributed by atoms with Gasteiger partial charge < -0.3 is 14.0 Å². The molecule has 1 aliphatic rings. The second kappa shape index (κ2) is 11.1. The lowest BCUT2D eigenvalue weighted by Gasteiger charge is -2.14. The fraction of sp³-hybridized carbons (Fsp3) is 0.200. The summed E-state index contributed by atoms with van der Waals surface area (Å²) in [7, 11) is 3.27. The number of rotatable bonds is 8. The minimum Gasteiger partial charge on any atom is -0.497 e. The predicted molar refractivity (Wildman–Crippen MR) is 151 cm³/mol. The fourth-order valence-electron chi connectivity index (χ4n) is 4.48. The SMILES string of the molecule is COCCN1C(=O)/C(=C/c2c(C)n(Cc3ccccc3)c3ccccc23)SC1=Nc1ccc(OC)cc1. The number of carbonyl (C=O) groups is 1. The van der Waals surface area contributed by atoms with E-state index >= 15 is 0 Å². The van der Waals surface area contributed by atoms with Gasteiger partial charge in [0.15, 0.2) is 5.17 Å². The van der Waals surface area contributed by atoms with Gasteiger partial charge in [-0.25, -0.2) is 4.99 Å². The van der Waals surface area contributed by atoms with E-state index in [0.29, 0.717) is 23.2 Å². The van der Waals surface area contributed by atoms with Crippen LogP contribution >= 0.6 is 11.8 Å². The first kappa shape index (κ1) is 24.9. The molecule has 0 atom stereocenters. The largest absolute Gasteiger partial charge is 0.497 e. The van der Waals surface area contributed by atoms with Crippen molar-refractivity contribution in [3.05, 3.63) is 101 Å². The van der Waals surface area contributed by atoms with Crippen molar-refractivity contribution in [2.75, 3.05) is 27.4 Å². The number of thioether (sulfide) groups is 1. The summed E-state index contributed by atoms with van der Waals surface area (Å²) in [5, 5.41) is 1.77. The number of fused-ring (bicyclic) bond motifs is 1. The number of hydrogen-bond acceptors (Lipinski definition) is 5. The Labute approximate surface area is 221 Å². The van der Waals surface area contributed by atoms with Gasteiger partial charge in [-0.1, -0.05) is 48.5 Å². The van der Waals surface area contributed by atoms with Gasteiger partial charge in [-0.3, -0.25) is 9.69 Å². The van der Waals surface area contributed by atoms with E-state index < -0.39 is 0 Å². The van der Waals surface area contributed by atoms with E-state index in [4.69, 9.17) is 14.5 Å². The summed E-state index contributed by atoms with van der Waals surface area (Å²) >= 11 is 1.40. The Morgan fingerprint density at radius 3 is 2.41 bits per heavy atom. The molecule has 1 amide bonds. The summed E-state index contributed by atoms with van der Waals surface area (Å²) in [6, 6.07) is 26.3. The average molecular weight is 512 g/mol. The minimum atomic E-state index is -0.0615. The molecule has 0 unspecified atom stereocenters. The van der Waals surface area contributed by atoms with Gasteiger partial charge in [0.05, 0.1) is 30.9 Å². The van der Waals surface area contributed by atoms with Crippen LogP contribution in [0.25, 0.3) is 17.0 Å². The zero-order chi connectivity index (χ0) is 25.8. The first-order chi connectivity index (χ1) is 18.1. The number of aliphatic imine (C=N–C) groups is 1. The number of amides is 1. The molecular formula is C30H29N3O3S. The van der Waals surface area contributed by atoms with Gasteiger partial charge in [-0.2, -0.15) is 0 Å². The summed E-state index contributed by atoms with van der Waals surface area (Å²) in [4.78, 5) is 20.7. The van der Waals surface area contributed by atoms with Gasteiger partial charge in [0.1, 0.15) is 5.75 Å². The Morgan fingerprint density at radius 1 is 0.946 bits per heavy atom. The van der Waals surface area contributed by atoms with Crippen molar-refractivity contribution in [1.29, 1.82) is 0 Å². The summed E-state index contributed by atoms with van der Waals surface area (Å²) in [5.41, 5.74) is 5.32. The molecule has 0 N–H and O–H groups in total. The molecule has 0 spiro atoms. The highest BCUT2D eigenvalue weighted by Gasteiger charge is 2.33. The molecule has 0 bridgehead atoms. The topological polar surface area (TPSA) is 56.1 Å². The third-order valence-corrected chi connectivity index (χ3v) is 7.45. The molecule has 0 radical (unpaired) electrons. The number of ether oxygens (including phenoxy) is 2. The third-order valence-electron chi connectivity index (χ3n) is 6.44. The molecule has 1 fully saturated rings. The predicted octanol–water partition coefficient (Wildman–Crippen LogP) is 6.26. The zero-order valence-corrected chi connectivity index (χ0v) is 22.0. The molecule has 188 valence electrons. The van der Waals surface area contributed by atoms with Crippen molar-refractivity contribution in [3.8, 4) is 5.75 Å². The molecule has 4 aromatic rings. The summed E-state index contributed by atoms with van der Waals surface area (Å²) in [6.07, 6.45) is 2.02. The number of para-hydroxylation sites is 1. The Balaban J connectivity index is 1.54. The molecule has 5 rings (SSSR count). The summed E-state index contributed by atoms with van der Waals surface area (Å²) < 4.78 is 12.8. The minimum absolute atomic E-state index is 0.0615. The van der Waals surface area contributed by atoms with Crippen molar-refractivity contribution in [2.45, 2.75) is 13.5 Å². The first-order valence-electron chi connectivity index (χ1n) is 12.1. The first-order valence-corrected chi connectivity index (χ1v) is 13.0. The van der Waals surface area contributed by atoms with E-state index in [1.165, 1.54) is 17.3 Å². The number of nitrogens with zero attached hydrogens (tertiary/aromatic N) is 3. The third kappa shape index (κ3) is 5.19. The number of methoxy groups -OCH3 is 2. The molecule has 7 heteroatoms. The normalized spacial score (nSPS) is 15.9. The van der Waals surface area contributed by atoms with E-state index in [-0.39, 0.29) is 5.91 Å². The summed E-state index contributed by atoms with van der Waals surface area (Å²) in [6.45, 7) is 3.75. The van der Waals surface area contributed by atoms with E-state index in [2.05, 4.69) is 54.0 Å². The average Bonchev–Trinajstić information content (AvgIpc) is 3.36. The van der Waals surface area contributed by atoms with Crippen molar-refractivity contribution in [2.24, 2.45) is 4.99 Å². The lowest BCUT2D eigenvalue weighted by atomic mass is 10.1. The Bertz CT molecular complexity index is 1470. The highest BCUT2D eigenvalue weighted by atomic mass is 32.2. The van der Waals surface area contributed by atoms with Gasteiger partial charge in [0.2, 0.25) is 0 Å². The molecule has 1 saturated heterocycles. The van der Waals surface area contributed by atoms with Gasteiger partial charge in [0.25, 0.3) is 5.91 Å². The molecule has 1 aromatic heterocycles. The molecule has 6 nitrogen and oxygen atoms in total. The van der Waals surface area contributed by atoms with Crippen LogP contribution in [0.4, 0.5) is 5.69 Å². The monoisotopic (exact) mass is 511 g/mol. The smallest absolute Gasteiger partial charge is 0.266 e. The van der Waals surface area contributed by atoms with Crippen LogP contribution < -0.4 is 4.74 Å². The van der Waals surface area contributed by atoms with Crippen molar-refractivity contribution >= 4 is 45.5 Å². The van der Waals surface area contributed by atoms with E-state index in [9.17, 15) is 4.79 Å². The van der Waals surface area contributed by atoms with Crippen LogP contribution in [0.2, 0.25) is 0 Å². The highest BCUT2D eigenvalue weighted by molar-refractivity contribution is 8.18. The van der Waals surface area contributed by atoms with Crippen molar-refractivity contribution in [3.63, 3.8) is 0 Å². The van der Waals surface area contributed by atoms with Gasteiger partial charge in [-0.15, -0.1) is 0 Å². The number of aromatic nitrogens is 1. The van der Waals surface area contributed by atoms with Crippen LogP contribution in [0.3, 0.4) is 0 Å². The van der Waals surface area contributed by atoms with Crippen molar-refractivity contribution in [1.82, 2.24) is 9.47 Å². The maximum atomic E-state index is 13.5. The molecular weight excluding hydrogens is 482 g/mol. The quantitative estimate of drug-likeness (QED) is 0.262. The van der Waals surface area contributed by atoms with Crippen LogP contribution in [-0.4, -0.2) is 47.9 Å². The Hall–Kier alpha value is -3.81. The van der Waals surface area contributed by atoms with Crippen LogP contribution in [0.5, 0.6) is 5.75 Å². The molecule has 0 aliphatic carbocycles. The second-order valence-corrected chi connectivity index (χ2v) is 9.75. The zero-order valence-electron chi connectivity index (χ0n) is 21.2. The maximum Gasteiger partial charge on any atom is 0.266 e. The van der Waals surface area contributed by atoms with Crippen LogP contribution in [-0.2, 0) is 16.1 Å². The lowest BCUT2D eigenvalue weighted by molar-refractivity contribution is -0.122. The van der Waals surface area contributed by atoms with E-state index in [1.54, 1.807) is 19.1 Å². The van der Waals surface area contributed by atoms with E-state index in [0.717, 1.165) is 40.1 Å². The summed E-state index contributed by atoms with van der Waals surface area (Å²) in [5.74, 6) is 0.701. The highest BCUT2D eigenvalue weighted by Crippen LogP contribution is 2.37. The fourth-order valence-corrected chi connectivity index (χ4v) is 5.49. The Kier molecular flexibility index (Phi) is 7.44. The maximum absolute atomic E-state index is 13.5. The van der Waals surface area contributed by atoms with E-state index in [1.807, 2.05) is 42.5 Å². The Morgan fingerprint density at radius 2 is 1.68 bits per heavy atom. The number of hydrogen-bond donors (Lipinski definition) is 0. The number of amidine groups is 1. The van der Waals surface area contributed by atoms with Gasteiger partial charge >= 0.3 is 0 Å². The van der Waals surface area contributed by atoms with Crippen LogP contribution in [0.15, 0.2) is 88.8 Å². The van der Waals surface area contributed by atoms with Crippen LogP contribution in [0, 0.1) is 6.92 Å². The molecule has 0 saturated carbocycles. The number of benzene rings is 3.